The number of amides is 1. The number of hydrogen-bond donors (Lipinski definition) is 0. The molecule has 0 unspecified atom stereocenters. The molecule has 0 N–H and O–H groups in total. The second-order valence-electron chi connectivity index (χ2n) is 9.08. The number of benzene rings is 2. The molecule has 0 spiro atoms. The van der Waals surface area contributed by atoms with Gasteiger partial charge in [-0.3, -0.25) is 8.98 Å². The highest BCUT2D eigenvalue weighted by Crippen LogP contribution is 2.35. The van der Waals surface area contributed by atoms with Crippen LogP contribution in [0.4, 0.5) is 0 Å². The van der Waals surface area contributed by atoms with Crippen LogP contribution in [-0.4, -0.2) is 58.0 Å². The fraction of sp³-hybridized carbons (Fsp3) is 0.308. The first kappa shape index (κ1) is 24.8. The molecule has 2 aromatic heterocycles. The van der Waals surface area contributed by atoms with Crippen molar-refractivity contribution in [2.75, 3.05) is 12.8 Å². The number of hydrogen-bond acceptors (Lipinski definition) is 8. The summed E-state index contributed by atoms with van der Waals surface area (Å²) in [6, 6.07) is 16.6. The maximum atomic E-state index is 13.7. The van der Waals surface area contributed by atoms with E-state index < -0.39 is 10.1 Å². The van der Waals surface area contributed by atoms with Gasteiger partial charge in [0.25, 0.3) is 16.0 Å². The number of carbonyl (C=O) groups is 1. The molecule has 5 rings (SSSR count). The van der Waals surface area contributed by atoms with Crippen molar-refractivity contribution >= 4 is 16.0 Å². The normalized spacial score (nSPS) is 18.2. The van der Waals surface area contributed by atoms with Gasteiger partial charge in [0, 0.05) is 18.2 Å². The van der Waals surface area contributed by atoms with Crippen molar-refractivity contribution in [1.29, 1.82) is 0 Å². The summed E-state index contributed by atoms with van der Waals surface area (Å²) in [6.45, 7) is 2.20. The monoisotopic (exact) mass is 521 g/mol. The molecule has 0 aliphatic carbocycles. The number of rotatable bonds is 7. The van der Waals surface area contributed by atoms with Gasteiger partial charge in [0.1, 0.15) is 12.3 Å². The van der Waals surface area contributed by atoms with Crippen LogP contribution in [0.2, 0.25) is 0 Å². The van der Waals surface area contributed by atoms with Gasteiger partial charge in [0.15, 0.2) is 11.7 Å². The molecule has 10 nitrogen and oxygen atoms in total. The summed E-state index contributed by atoms with van der Waals surface area (Å²) in [5, 5.41) is 8.37. The number of para-hydroxylation sites is 1. The molecular formula is C26H27N5O5S. The maximum absolute atomic E-state index is 13.7. The number of aromatic nitrogens is 4. The first-order valence-corrected chi connectivity index (χ1v) is 13.8. The minimum Gasteiger partial charge on any atom is -0.440 e. The van der Waals surface area contributed by atoms with Crippen LogP contribution in [0.15, 0.2) is 71.4 Å². The fourth-order valence-electron chi connectivity index (χ4n) is 4.54. The van der Waals surface area contributed by atoms with Crippen LogP contribution in [0, 0.1) is 0 Å². The highest BCUT2D eigenvalue weighted by Gasteiger charge is 2.34. The predicted molar refractivity (Wildman–Crippen MR) is 135 cm³/mol. The molecule has 2 atom stereocenters. The third-order valence-electron chi connectivity index (χ3n) is 6.42. The van der Waals surface area contributed by atoms with E-state index in [0.29, 0.717) is 35.1 Å². The summed E-state index contributed by atoms with van der Waals surface area (Å²) < 4.78 is 34.5. The summed E-state index contributed by atoms with van der Waals surface area (Å²) in [5.41, 5.74) is 2.28. The van der Waals surface area contributed by atoms with Crippen LogP contribution in [0.1, 0.15) is 47.6 Å². The topological polar surface area (TPSA) is 120 Å². The Morgan fingerprint density at radius 3 is 2.49 bits per heavy atom. The van der Waals surface area contributed by atoms with Crippen LogP contribution in [0.25, 0.3) is 17.0 Å². The molecule has 0 bridgehead atoms. The standard InChI is InChI=1S/C26H27N5O5S/c1-18-12-13-20(16-30(18)26(32)21-10-6-7-11-23(21)31-27-14-15-28-31)25-29-22(17-35-37(2,33)34)24(36-25)19-8-4-3-5-9-19/h3-11,14-15,18,20H,12-13,16-17H2,1-2H3/t18-,20-/m1/s1. The van der Waals surface area contributed by atoms with Crippen molar-refractivity contribution in [1.82, 2.24) is 24.9 Å². The number of oxazole rings is 1. The van der Waals surface area contributed by atoms with E-state index in [-0.39, 0.29) is 24.5 Å². The molecule has 4 aromatic rings. The minimum atomic E-state index is -3.66. The second-order valence-corrected chi connectivity index (χ2v) is 10.7. The quantitative estimate of drug-likeness (QED) is 0.337. The molecule has 0 saturated carbocycles. The van der Waals surface area contributed by atoms with Crippen LogP contribution in [0.5, 0.6) is 0 Å². The van der Waals surface area contributed by atoms with Gasteiger partial charge in [0.05, 0.1) is 35.8 Å². The molecule has 1 saturated heterocycles. The lowest BCUT2D eigenvalue weighted by molar-refractivity contribution is 0.0597. The third-order valence-corrected chi connectivity index (χ3v) is 6.97. The van der Waals surface area contributed by atoms with Crippen molar-refractivity contribution < 1.29 is 21.8 Å². The number of nitrogens with zero attached hydrogens (tertiary/aromatic N) is 5. The number of piperidine rings is 1. The Balaban J connectivity index is 1.44. The van der Waals surface area contributed by atoms with Gasteiger partial charge in [0.2, 0.25) is 0 Å². The van der Waals surface area contributed by atoms with Crippen LogP contribution in [0.3, 0.4) is 0 Å². The summed E-state index contributed by atoms with van der Waals surface area (Å²) in [5.74, 6) is 0.633. The van der Waals surface area contributed by atoms with Gasteiger partial charge in [-0.05, 0) is 31.9 Å². The first-order valence-electron chi connectivity index (χ1n) is 12.0. The third kappa shape index (κ3) is 5.47. The van der Waals surface area contributed by atoms with E-state index in [1.807, 2.05) is 60.4 Å². The van der Waals surface area contributed by atoms with Crippen molar-refractivity contribution in [3.05, 3.63) is 84.1 Å². The molecule has 192 valence electrons. The molecule has 37 heavy (non-hydrogen) atoms. The largest absolute Gasteiger partial charge is 0.440 e. The van der Waals surface area contributed by atoms with E-state index in [2.05, 4.69) is 15.2 Å². The predicted octanol–water partition coefficient (Wildman–Crippen LogP) is 3.81. The van der Waals surface area contributed by atoms with E-state index in [1.54, 1.807) is 18.5 Å². The molecule has 11 heteroatoms. The minimum absolute atomic E-state index is 0.0129. The summed E-state index contributed by atoms with van der Waals surface area (Å²) >= 11 is 0. The van der Waals surface area contributed by atoms with Crippen molar-refractivity contribution in [2.24, 2.45) is 0 Å². The summed E-state index contributed by atoms with van der Waals surface area (Å²) in [4.78, 5) is 21.6. The van der Waals surface area contributed by atoms with Crippen LogP contribution >= 0.6 is 0 Å². The molecule has 1 aliphatic heterocycles. The Labute approximate surface area is 215 Å². The van der Waals surface area contributed by atoms with Crippen LogP contribution in [-0.2, 0) is 20.9 Å². The van der Waals surface area contributed by atoms with Gasteiger partial charge in [-0.1, -0.05) is 42.5 Å². The molecular weight excluding hydrogens is 494 g/mol. The Hall–Kier alpha value is -3.83. The van der Waals surface area contributed by atoms with Gasteiger partial charge in [-0.25, -0.2) is 4.98 Å². The molecule has 2 aromatic carbocycles. The van der Waals surface area contributed by atoms with Crippen molar-refractivity contribution in [3.63, 3.8) is 0 Å². The first-order chi connectivity index (χ1) is 17.8. The zero-order valence-electron chi connectivity index (χ0n) is 20.5. The van der Waals surface area contributed by atoms with E-state index >= 15 is 0 Å². The summed E-state index contributed by atoms with van der Waals surface area (Å²) in [7, 11) is -3.66. The lowest BCUT2D eigenvalue weighted by Crippen LogP contribution is -2.45. The molecule has 1 fully saturated rings. The Morgan fingerprint density at radius 1 is 1.05 bits per heavy atom. The zero-order chi connectivity index (χ0) is 26.0. The van der Waals surface area contributed by atoms with Gasteiger partial charge in [-0.15, -0.1) is 0 Å². The Bertz CT molecular complexity index is 1480. The Kier molecular flexibility index (Phi) is 6.90. The van der Waals surface area contributed by atoms with Gasteiger partial charge >= 0.3 is 0 Å². The highest BCUT2D eigenvalue weighted by molar-refractivity contribution is 7.85. The molecule has 0 radical (unpaired) electrons. The van der Waals surface area contributed by atoms with Gasteiger partial charge in [-0.2, -0.15) is 23.4 Å². The van der Waals surface area contributed by atoms with Gasteiger partial charge < -0.3 is 9.32 Å². The fourth-order valence-corrected chi connectivity index (χ4v) is 4.86. The van der Waals surface area contributed by atoms with E-state index in [4.69, 9.17) is 8.60 Å². The SMILES string of the molecule is C[C@@H]1CC[C@@H](c2nc(COS(C)(=O)=O)c(-c3ccccc3)o2)CN1C(=O)c1ccccc1-n1nccn1. The maximum Gasteiger partial charge on any atom is 0.264 e. The number of likely N-dealkylation sites (tertiary alicyclic amines) is 1. The second kappa shape index (κ2) is 10.3. The van der Waals surface area contributed by atoms with E-state index in [0.717, 1.165) is 24.7 Å². The summed E-state index contributed by atoms with van der Waals surface area (Å²) in [6.07, 6.45) is 5.67. The molecule has 1 aliphatic rings. The van der Waals surface area contributed by atoms with E-state index in [1.165, 1.54) is 4.80 Å². The lowest BCUT2D eigenvalue weighted by Gasteiger charge is -2.37. The molecule has 3 heterocycles. The average molecular weight is 522 g/mol. The molecule has 1 amide bonds. The lowest BCUT2D eigenvalue weighted by atomic mass is 9.92. The highest BCUT2D eigenvalue weighted by atomic mass is 32.2. The van der Waals surface area contributed by atoms with Crippen molar-refractivity contribution in [2.45, 2.75) is 38.3 Å². The van der Waals surface area contributed by atoms with Crippen molar-refractivity contribution in [3.8, 4) is 17.0 Å². The zero-order valence-corrected chi connectivity index (χ0v) is 21.3. The average Bonchev–Trinajstić information content (AvgIpc) is 3.58. The van der Waals surface area contributed by atoms with E-state index in [9.17, 15) is 13.2 Å². The Morgan fingerprint density at radius 2 is 1.76 bits per heavy atom. The number of carbonyl (C=O) groups excluding carboxylic acids is 1. The van der Waals surface area contributed by atoms with Crippen LogP contribution < -0.4 is 0 Å². The smallest absolute Gasteiger partial charge is 0.264 e.